The molecule has 0 radical (unpaired) electrons. The number of hydrogen-bond donors (Lipinski definition) is 2. The van der Waals surface area contributed by atoms with Gasteiger partial charge < -0.3 is 19.8 Å². The molecule has 22 heavy (non-hydrogen) atoms. The Labute approximate surface area is 127 Å². The fourth-order valence-electron chi connectivity index (χ4n) is 2.13. The van der Waals surface area contributed by atoms with Crippen LogP contribution in [0.3, 0.4) is 0 Å². The number of amides is 1. The van der Waals surface area contributed by atoms with Gasteiger partial charge in [-0.3, -0.25) is 4.79 Å². The monoisotopic (exact) mass is 297 g/mol. The van der Waals surface area contributed by atoms with Crippen molar-refractivity contribution in [1.29, 1.82) is 0 Å². The van der Waals surface area contributed by atoms with Gasteiger partial charge in [-0.2, -0.15) is 0 Å². The van der Waals surface area contributed by atoms with E-state index in [0.717, 1.165) is 16.7 Å². The minimum atomic E-state index is -0.234. The number of H-pyrrole nitrogens is 1. The first-order valence-electron chi connectivity index (χ1n) is 6.68. The van der Waals surface area contributed by atoms with Gasteiger partial charge in [-0.1, -0.05) is 0 Å². The number of carbonyl (C=O) groups is 1. The zero-order valence-electron chi connectivity index (χ0n) is 12.2. The van der Waals surface area contributed by atoms with Gasteiger partial charge in [0.05, 0.1) is 26.1 Å². The minimum Gasteiger partial charge on any atom is -0.497 e. The van der Waals surface area contributed by atoms with Gasteiger partial charge in [-0.25, -0.2) is 4.98 Å². The van der Waals surface area contributed by atoms with Crippen molar-refractivity contribution in [3.63, 3.8) is 0 Å². The van der Waals surface area contributed by atoms with Crippen LogP contribution in [-0.2, 0) is 0 Å². The molecule has 0 aliphatic carbocycles. The second-order valence-corrected chi connectivity index (χ2v) is 4.68. The Kier molecular flexibility index (Phi) is 3.65. The molecular formula is C16H15N3O3. The van der Waals surface area contributed by atoms with Gasteiger partial charge in [0.2, 0.25) is 5.88 Å². The summed E-state index contributed by atoms with van der Waals surface area (Å²) < 4.78 is 10.1. The lowest BCUT2D eigenvalue weighted by Gasteiger charge is -2.04. The predicted molar refractivity (Wildman–Crippen MR) is 83.6 cm³/mol. The van der Waals surface area contributed by atoms with E-state index in [2.05, 4.69) is 15.3 Å². The first kappa shape index (κ1) is 13.9. The number of benzene rings is 1. The summed E-state index contributed by atoms with van der Waals surface area (Å²) in [7, 11) is 3.15. The largest absolute Gasteiger partial charge is 0.497 e. The van der Waals surface area contributed by atoms with E-state index >= 15 is 0 Å². The first-order valence-corrected chi connectivity index (χ1v) is 6.68. The summed E-state index contributed by atoms with van der Waals surface area (Å²) >= 11 is 0. The molecule has 0 saturated carbocycles. The SMILES string of the molecule is COc1ccc2cc(C(=O)Nc3ccc(OC)nc3)[nH]c2c1. The fraction of sp³-hybridized carbons (Fsp3) is 0.125. The van der Waals surface area contributed by atoms with Crippen LogP contribution in [-0.4, -0.2) is 30.1 Å². The van der Waals surface area contributed by atoms with Crippen LogP contribution in [0.15, 0.2) is 42.6 Å². The van der Waals surface area contributed by atoms with Gasteiger partial charge in [0.15, 0.2) is 0 Å². The van der Waals surface area contributed by atoms with Crippen molar-refractivity contribution in [3.05, 3.63) is 48.3 Å². The van der Waals surface area contributed by atoms with E-state index in [1.807, 2.05) is 18.2 Å². The molecular weight excluding hydrogens is 282 g/mol. The van der Waals surface area contributed by atoms with Gasteiger partial charge in [-0.15, -0.1) is 0 Å². The molecule has 1 amide bonds. The number of nitrogens with zero attached hydrogens (tertiary/aromatic N) is 1. The molecule has 1 aromatic carbocycles. The second-order valence-electron chi connectivity index (χ2n) is 4.68. The average molecular weight is 297 g/mol. The molecule has 3 aromatic rings. The van der Waals surface area contributed by atoms with Crippen molar-refractivity contribution < 1.29 is 14.3 Å². The fourth-order valence-corrected chi connectivity index (χ4v) is 2.13. The molecule has 2 N–H and O–H groups in total. The van der Waals surface area contributed by atoms with Gasteiger partial charge >= 0.3 is 0 Å². The summed E-state index contributed by atoms with van der Waals surface area (Å²) in [5, 5.41) is 3.72. The molecule has 2 aromatic heterocycles. The Morgan fingerprint density at radius 2 is 2.00 bits per heavy atom. The van der Waals surface area contributed by atoms with Crippen molar-refractivity contribution in [1.82, 2.24) is 9.97 Å². The highest BCUT2D eigenvalue weighted by Gasteiger charge is 2.10. The number of methoxy groups -OCH3 is 2. The number of nitrogens with one attached hydrogen (secondary N) is 2. The Morgan fingerprint density at radius 3 is 2.68 bits per heavy atom. The van der Waals surface area contributed by atoms with Crippen LogP contribution in [0.1, 0.15) is 10.5 Å². The number of carbonyl (C=O) groups excluding carboxylic acids is 1. The van der Waals surface area contributed by atoms with Crippen molar-refractivity contribution in [3.8, 4) is 11.6 Å². The zero-order valence-corrected chi connectivity index (χ0v) is 12.2. The van der Waals surface area contributed by atoms with Crippen LogP contribution in [0, 0.1) is 0 Å². The van der Waals surface area contributed by atoms with Crippen LogP contribution in [0.2, 0.25) is 0 Å². The quantitative estimate of drug-likeness (QED) is 0.776. The molecule has 112 valence electrons. The average Bonchev–Trinajstić information content (AvgIpc) is 2.98. The van der Waals surface area contributed by atoms with Crippen LogP contribution in [0.25, 0.3) is 10.9 Å². The summed E-state index contributed by atoms with van der Waals surface area (Å²) in [6, 6.07) is 10.8. The molecule has 2 heterocycles. The van der Waals surface area contributed by atoms with E-state index in [-0.39, 0.29) is 5.91 Å². The van der Waals surface area contributed by atoms with E-state index in [0.29, 0.717) is 17.3 Å². The predicted octanol–water partition coefficient (Wildman–Crippen LogP) is 2.83. The Morgan fingerprint density at radius 1 is 1.14 bits per heavy atom. The van der Waals surface area contributed by atoms with E-state index in [9.17, 15) is 4.79 Å². The maximum Gasteiger partial charge on any atom is 0.272 e. The van der Waals surface area contributed by atoms with Crippen molar-refractivity contribution in [2.75, 3.05) is 19.5 Å². The van der Waals surface area contributed by atoms with Crippen LogP contribution >= 0.6 is 0 Å². The highest BCUT2D eigenvalue weighted by molar-refractivity contribution is 6.05. The van der Waals surface area contributed by atoms with Gasteiger partial charge in [0, 0.05) is 23.0 Å². The summed E-state index contributed by atoms with van der Waals surface area (Å²) in [5.41, 5.74) is 1.92. The van der Waals surface area contributed by atoms with Crippen LogP contribution in [0.5, 0.6) is 11.6 Å². The number of pyridine rings is 1. The third kappa shape index (κ3) is 2.71. The number of anilines is 1. The molecule has 6 heteroatoms. The summed E-state index contributed by atoms with van der Waals surface area (Å²) in [4.78, 5) is 19.4. The third-order valence-corrected chi connectivity index (χ3v) is 3.28. The summed E-state index contributed by atoms with van der Waals surface area (Å²) in [6.07, 6.45) is 1.54. The summed E-state index contributed by atoms with van der Waals surface area (Å²) in [6.45, 7) is 0. The number of aromatic nitrogens is 2. The molecule has 3 rings (SSSR count). The lowest BCUT2D eigenvalue weighted by atomic mass is 10.2. The molecule has 0 bridgehead atoms. The maximum absolute atomic E-state index is 12.3. The minimum absolute atomic E-state index is 0.234. The molecule has 0 aliphatic rings. The van der Waals surface area contributed by atoms with Gasteiger partial charge in [0.1, 0.15) is 11.4 Å². The maximum atomic E-state index is 12.3. The molecule has 6 nitrogen and oxygen atoms in total. The number of ether oxygens (including phenoxy) is 2. The van der Waals surface area contributed by atoms with Crippen LogP contribution < -0.4 is 14.8 Å². The molecule has 0 atom stereocenters. The number of rotatable bonds is 4. The Balaban J connectivity index is 1.81. The zero-order chi connectivity index (χ0) is 15.5. The smallest absolute Gasteiger partial charge is 0.272 e. The molecule has 0 fully saturated rings. The summed E-state index contributed by atoms with van der Waals surface area (Å²) in [5.74, 6) is 0.999. The highest BCUT2D eigenvalue weighted by Crippen LogP contribution is 2.22. The van der Waals surface area contributed by atoms with E-state index in [1.165, 1.54) is 0 Å². The van der Waals surface area contributed by atoms with Crippen molar-refractivity contribution in [2.24, 2.45) is 0 Å². The normalized spacial score (nSPS) is 10.5. The molecule has 0 spiro atoms. The molecule has 0 aliphatic heterocycles. The van der Waals surface area contributed by atoms with E-state index in [1.54, 1.807) is 38.6 Å². The number of hydrogen-bond acceptors (Lipinski definition) is 4. The van der Waals surface area contributed by atoms with Gasteiger partial charge in [-0.05, 0) is 24.3 Å². The molecule has 0 saturated heterocycles. The first-order chi connectivity index (χ1) is 10.7. The van der Waals surface area contributed by atoms with E-state index in [4.69, 9.17) is 9.47 Å². The number of fused-ring (bicyclic) bond motifs is 1. The van der Waals surface area contributed by atoms with Crippen LogP contribution in [0.4, 0.5) is 5.69 Å². The lowest BCUT2D eigenvalue weighted by molar-refractivity contribution is 0.102. The van der Waals surface area contributed by atoms with Gasteiger partial charge in [0.25, 0.3) is 5.91 Å². The number of aromatic amines is 1. The Hall–Kier alpha value is -3.02. The van der Waals surface area contributed by atoms with Crippen molar-refractivity contribution >= 4 is 22.5 Å². The van der Waals surface area contributed by atoms with E-state index < -0.39 is 0 Å². The Bertz CT molecular complexity index is 809. The standard InChI is InChI=1S/C16H15N3O3/c1-21-12-5-3-10-7-14(19-13(10)8-12)16(20)18-11-4-6-15(22-2)17-9-11/h3-9,19H,1-2H3,(H,18,20). The molecule has 0 unspecified atom stereocenters. The second kappa shape index (κ2) is 5.77. The third-order valence-electron chi connectivity index (χ3n) is 3.28. The van der Waals surface area contributed by atoms with Crippen molar-refractivity contribution in [2.45, 2.75) is 0 Å². The topological polar surface area (TPSA) is 76.2 Å². The highest BCUT2D eigenvalue weighted by atomic mass is 16.5. The lowest BCUT2D eigenvalue weighted by Crippen LogP contribution is -2.12.